The predicted octanol–water partition coefficient (Wildman–Crippen LogP) is 1.76. The number of ether oxygens (including phenoxy) is 1. The van der Waals surface area contributed by atoms with Crippen LogP contribution in [0.25, 0.3) is 0 Å². The molecule has 0 saturated carbocycles. The second kappa shape index (κ2) is 9.68. The molecule has 11 heteroatoms. The molecule has 2 aromatic rings. The summed E-state index contributed by atoms with van der Waals surface area (Å²) in [5.41, 5.74) is 4.18. The SMILES string of the molecule is CC(NS(=O)(=O)c1ccc(Cl)cc1)C(=O)NNC(=O)C(C)Oc1ccccc1F. The Kier molecular flexibility index (Phi) is 7.54. The third-order valence-electron chi connectivity index (χ3n) is 3.67. The molecule has 0 aliphatic heterocycles. The summed E-state index contributed by atoms with van der Waals surface area (Å²) in [6.45, 7) is 2.66. The Balaban J connectivity index is 1.88. The van der Waals surface area contributed by atoms with Gasteiger partial charge in [0.2, 0.25) is 10.0 Å². The summed E-state index contributed by atoms with van der Waals surface area (Å²) >= 11 is 5.72. The number of amides is 2. The van der Waals surface area contributed by atoms with Crippen LogP contribution in [0.3, 0.4) is 0 Å². The second-order valence-electron chi connectivity index (χ2n) is 5.97. The van der Waals surface area contributed by atoms with E-state index in [0.29, 0.717) is 5.02 Å². The Bertz CT molecular complexity index is 985. The molecule has 2 aromatic carbocycles. The summed E-state index contributed by atoms with van der Waals surface area (Å²) in [7, 11) is -3.97. The van der Waals surface area contributed by atoms with E-state index in [1.54, 1.807) is 6.07 Å². The normalized spacial score (nSPS) is 13.2. The van der Waals surface area contributed by atoms with Crippen LogP contribution in [0.2, 0.25) is 5.02 Å². The Morgan fingerprint density at radius 1 is 1.00 bits per heavy atom. The molecule has 2 rings (SSSR count). The Labute approximate surface area is 172 Å². The van der Waals surface area contributed by atoms with Crippen LogP contribution in [0.15, 0.2) is 53.4 Å². The molecule has 29 heavy (non-hydrogen) atoms. The lowest BCUT2D eigenvalue weighted by Crippen LogP contribution is -2.53. The molecule has 3 N–H and O–H groups in total. The highest BCUT2D eigenvalue weighted by atomic mass is 35.5. The monoisotopic (exact) mass is 443 g/mol. The highest BCUT2D eigenvalue weighted by Gasteiger charge is 2.23. The number of para-hydroxylation sites is 1. The van der Waals surface area contributed by atoms with Crippen molar-refractivity contribution in [3.63, 3.8) is 0 Å². The van der Waals surface area contributed by atoms with Gasteiger partial charge in [-0.2, -0.15) is 4.72 Å². The molecule has 0 aromatic heterocycles. The third-order valence-corrected chi connectivity index (χ3v) is 5.48. The summed E-state index contributed by atoms with van der Waals surface area (Å²) in [6.07, 6.45) is -1.12. The molecule has 2 amide bonds. The van der Waals surface area contributed by atoms with E-state index in [0.717, 1.165) is 0 Å². The summed E-state index contributed by atoms with van der Waals surface area (Å²) < 4.78 is 45.4. The fraction of sp³-hybridized carbons (Fsp3) is 0.222. The molecule has 8 nitrogen and oxygen atoms in total. The molecule has 0 bridgehead atoms. The topological polar surface area (TPSA) is 114 Å². The van der Waals surface area contributed by atoms with E-state index in [1.807, 2.05) is 0 Å². The number of rotatable bonds is 7. The summed E-state index contributed by atoms with van der Waals surface area (Å²) in [6, 6.07) is 9.73. The van der Waals surface area contributed by atoms with Crippen molar-refractivity contribution < 1.29 is 27.1 Å². The number of hydrazine groups is 1. The smallest absolute Gasteiger partial charge is 0.279 e. The predicted molar refractivity (Wildman–Crippen MR) is 104 cm³/mol. The maximum absolute atomic E-state index is 13.6. The Hall–Kier alpha value is -2.69. The second-order valence-corrected chi connectivity index (χ2v) is 8.12. The average molecular weight is 444 g/mol. The van der Waals surface area contributed by atoms with Crippen LogP contribution in [-0.2, 0) is 19.6 Å². The average Bonchev–Trinajstić information content (AvgIpc) is 2.67. The van der Waals surface area contributed by atoms with E-state index < -0.39 is 39.8 Å². The summed E-state index contributed by atoms with van der Waals surface area (Å²) in [5, 5.41) is 0.365. The molecule has 0 fully saturated rings. The standard InChI is InChI=1S/C18H19ClFN3O5S/c1-11(23-29(26,27)14-9-7-13(19)8-10-14)17(24)21-22-18(25)12(2)28-16-6-4-3-5-15(16)20/h3-12,23H,1-2H3,(H,21,24)(H,22,25). The molecule has 0 heterocycles. The first-order valence-corrected chi connectivity index (χ1v) is 10.2. The number of hydrogen-bond donors (Lipinski definition) is 3. The minimum atomic E-state index is -3.97. The van der Waals surface area contributed by atoms with Gasteiger partial charge < -0.3 is 4.74 Å². The van der Waals surface area contributed by atoms with Gasteiger partial charge in [-0.3, -0.25) is 20.4 Å². The number of sulfonamides is 1. The molecule has 0 spiro atoms. The number of halogens is 2. The van der Waals surface area contributed by atoms with Gasteiger partial charge in [-0.05, 0) is 50.2 Å². The minimum Gasteiger partial charge on any atom is -0.478 e. The zero-order valence-corrected chi connectivity index (χ0v) is 17.1. The van der Waals surface area contributed by atoms with Crippen LogP contribution < -0.4 is 20.3 Å². The highest BCUT2D eigenvalue weighted by molar-refractivity contribution is 7.89. The zero-order chi connectivity index (χ0) is 21.6. The van der Waals surface area contributed by atoms with E-state index in [4.69, 9.17) is 16.3 Å². The van der Waals surface area contributed by atoms with Crippen molar-refractivity contribution in [2.45, 2.75) is 30.9 Å². The zero-order valence-electron chi connectivity index (χ0n) is 15.5. The summed E-state index contributed by atoms with van der Waals surface area (Å²) in [5.74, 6) is -2.32. The minimum absolute atomic E-state index is 0.0718. The van der Waals surface area contributed by atoms with E-state index in [-0.39, 0.29) is 10.6 Å². The number of hydrogen-bond acceptors (Lipinski definition) is 5. The van der Waals surface area contributed by atoms with Crippen molar-refractivity contribution in [2.24, 2.45) is 0 Å². The number of benzene rings is 2. The van der Waals surface area contributed by atoms with E-state index in [9.17, 15) is 22.4 Å². The van der Waals surface area contributed by atoms with Gasteiger partial charge in [0.25, 0.3) is 11.8 Å². The molecule has 0 aliphatic carbocycles. The van der Waals surface area contributed by atoms with Gasteiger partial charge in [-0.1, -0.05) is 23.7 Å². The van der Waals surface area contributed by atoms with Gasteiger partial charge in [0.15, 0.2) is 17.7 Å². The third kappa shape index (κ3) is 6.41. The molecule has 0 saturated heterocycles. The van der Waals surface area contributed by atoms with Crippen molar-refractivity contribution in [3.8, 4) is 5.75 Å². The Morgan fingerprint density at radius 3 is 2.21 bits per heavy atom. The lowest BCUT2D eigenvalue weighted by molar-refractivity contribution is -0.133. The van der Waals surface area contributed by atoms with Gasteiger partial charge in [0, 0.05) is 5.02 Å². The quantitative estimate of drug-likeness (QED) is 0.564. The first-order valence-electron chi connectivity index (χ1n) is 8.39. The number of nitrogens with one attached hydrogen (secondary N) is 3. The van der Waals surface area contributed by atoms with Crippen LogP contribution in [-0.4, -0.2) is 32.4 Å². The van der Waals surface area contributed by atoms with Gasteiger partial charge in [-0.15, -0.1) is 0 Å². The molecule has 156 valence electrons. The molecular weight excluding hydrogens is 425 g/mol. The maximum Gasteiger partial charge on any atom is 0.279 e. The lowest BCUT2D eigenvalue weighted by Gasteiger charge is -2.17. The molecular formula is C18H19ClFN3O5S. The molecule has 2 atom stereocenters. The summed E-state index contributed by atoms with van der Waals surface area (Å²) in [4.78, 5) is 24.0. The van der Waals surface area contributed by atoms with Crippen LogP contribution in [0, 0.1) is 5.82 Å². The van der Waals surface area contributed by atoms with E-state index in [2.05, 4.69) is 15.6 Å². The first-order chi connectivity index (χ1) is 13.6. The molecule has 0 radical (unpaired) electrons. The fourth-order valence-electron chi connectivity index (χ4n) is 2.09. The number of carbonyl (C=O) groups is 2. The van der Waals surface area contributed by atoms with Gasteiger partial charge in [-0.25, -0.2) is 12.8 Å². The van der Waals surface area contributed by atoms with Crippen LogP contribution >= 0.6 is 11.6 Å². The van der Waals surface area contributed by atoms with Crippen molar-refractivity contribution >= 4 is 33.4 Å². The van der Waals surface area contributed by atoms with Crippen LogP contribution in [0.1, 0.15) is 13.8 Å². The van der Waals surface area contributed by atoms with E-state index in [1.165, 1.54) is 56.3 Å². The molecule has 2 unspecified atom stereocenters. The van der Waals surface area contributed by atoms with Crippen molar-refractivity contribution in [2.75, 3.05) is 0 Å². The van der Waals surface area contributed by atoms with Crippen LogP contribution in [0.5, 0.6) is 5.75 Å². The Morgan fingerprint density at radius 2 is 1.59 bits per heavy atom. The fourth-order valence-corrected chi connectivity index (χ4v) is 3.41. The van der Waals surface area contributed by atoms with Crippen LogP contribution in [0.4, 0.5) is 4.39 Å². The van der Waals surface area contributed by atoms with Gasteiger partial charge in [0.05, 0.1) is 10.9 Å². The van der Waals surface area contributed by atoms with Crippen molar-refractivity contribution in [1.82, 2.24) is 15.6 Å². The van der Waals surface area contributed by atoms with Crippen molar-refractivity contribution in [3.05, 3.63) is 59.4 Å². The molecule has 0 aliphatic rings. The maximum atomic E-state index is 13.6. The number of carbonyl (C=O) groups excluding carboxylic acids is 2. The first kappa shape index (κ1) is 22.6. The van der Waals surface area contributed by atoms with Crippen molar-refractivity contribution in [1.29, 1.82) is 0 Å². The van der Waals surface area contributed by atoms with Gasteiger partial charge >= 0.3 is 0 Å². The highest BCUT2D eigenvalue weighted by Crippen LogP contribution is 2.17. The largest absolute Gasteiger partial charge is 0.478 e. The van der Waals surface area contributed by atoms with Gasteiger partial charge in [0.1, 0.15) is 0 Å². The lowest BCUT2D eigenvalue weighted by atomic mass is 10.3. The van der Waals surface area contributed by atoms with E-state index >= 15 is 0 Å².